The molecule has 1 saturated heterocycles. The highest BCUT2D eigenvalue weighted by Gasteiger charge is 2.21. The van der Waals surface area contributed by atoms with E-state index in [-0.39, 0.29) is 11.9 Å². The van der Waals surface area contributed by atoms with E-state index >= 15 is 0 Å². The zero-order valence-electron chi connectivity index (χ0n) is 10.5. The number of benzene rings is 1. The fourth-order valence-corrected chi connectivity index (χ4v) is 2.01. The fourth-order valence-electron chi connectivity index (χ4n) is 2.01. The molecule has 0 bridgehead atoms. The van der Waals surface area contributed by atoms with Crippen LogP contribution in [0.5, 0.6) is 5.75 Å². The average Bonchev–Trinajstić information content (AvgIpc) is 2.83. The van der Waals surface area contributed by atoms with Crippen molar-refractivity contribution in [2.45, 2.75) is 12.5 Å². The van der Waals surface area contributed by atoms with Crippen molar-refractivity contribution in [1.29, 1.82) is 0 Å². The molecule has 1 aliphatic heterocycles. The molecule has 2 N–H and O–H groups in total. The van der Waals surface area contributed by atoms with Crippen LogP contribution in [0.3, 0.4) is 0 Å². The molecule has 1 aromatic carbocycles. The van der Waals surface area contributed by atoms with Crippen LogP contribution in [-0.4, -0.2) is 37.0 Å². The minimum atomic E-state index is 0.0192. The lowest BCUT2D eigenvalue weighted by molar-refractivity contribution is -0.124. The van der Waals surface area contributed by atoms with Crippen LogP contribution < -0.4 is 10.5 Å². The van der Waals surface area contributed by atoms with Gasteiger partial charge in [0, 0.05) is 25.2 Å². The summed E-state index contributed by atoms with van der Waals surface area (Å²) < 4.78 is 5.13. The fraction of sp³-hybridized carbons (Fsp3) is 0.357. The van der Waals surface area contributed by atoms with Crippen LogP contribution in [0.1, 0.15) is 12.0 Å². The van der Waals surface area contributed by atoms with Crippen molar-refractivity contribution in [1.82, 2.24) is 4.90 Å². The smallest absolute Gasteiger partial charge is 0.246 e. The zero-order valence-corrected chi connectivity index (χ0v) is 10.5. The first-order valence-corrected chi connectivity index (χ1v) is 6.05. The molecule has 0 radical (unpaired) electrons. The molecule has 2 rings (SSSR count). The summed E-state index contributed by atoms with van der Waals surface area (Å²) in [5, 5.41) is 0. The number of nitrogens with zero attached hydrogens (tertiary/aromatic N) is 1. The number of hydrogen-bond acceptors (Lipinski definition) is 3. The first kappa shape index (κ1) is 12.6. The Morgan fingerprint density at radius 3 is 3.06 bits per heavy atom. The van der Waals surface area contributed by atoms with Gasteiger partial charge in [0.05, 0.1) is 7.11 Å². The summed E-state index contributed by atoms with van der Waals surface area (Å²) in [6.07, 6.45) is 4.28. The molecule has 1 fully saturated rings. The van der Waals surface area contributed by atoms with Crippen molar-refractivity contribution >= 4 is 12.0 Å². The number of amides is 1. The van der Waals surface area contributed by atoms with E-state index < -0.39 is 0 Å². The van der Waals surface area contributed by atoms with Gasteiger partial charge in [-0.15, -0.1) is 0 Å². The predicted molar refractivity (Wildman–Crippen MR) is 71.2 cm³/mol. The van der Waals surface area contributed by atoms with Gasteiger partial charge in [0.1, 0.15) is 5.75 Å². The van der Waals surface area contributed by atoms with Crippen LogP contribution in [0.4, 0.5) is 0 Å². The maximum Gasteiger partial charge on any atom is 0.246 e. The molecule has 1 aliphatic rings. The van der Waals surface area contributed by atoms with Gasteiger partial charge in [-0.05, 0) is 30.2 Å². The largest absolute Gasteiger partial charge is 0.497 e. The Balaban J connectivity index is 1.99. The molecule has 1 heterocycles. The molecule has 0 saturated carbocycles. The lowest BCUT2D eigenvalue weighted by Gasteiger charge is -2.12. The number of ether oxygens (including phenoxy) is 1. The third-order valence-electron chi connectivity index (χ3n) is 3.05. The van der Waals surface area contributed by atoms with E-state index in [4.69, 9.17) is 10.5 Å². The molecule has 18 heavy (non-hydrogen) atoms. The number of nitrogens with two attached hydrogens (primary N) is 1. The lowest BCUT2D eigenvalue weighted by Crippen LogP contribution is -2.30. The highest BCUT2D eigenvalue weighted by atomic mass is 16.5. The second kappa shape index (κ2) is 5.69. The normalized spacial score (nSPS) is 19.4. The van der Waals surface area contributed by atoms with Gasteiger partial charge in [0.2, 0.25) is 5.91 Å². The summed E-state index contributed by atoms with van der Waals surface area (Å²) in [6, 6.07) is 7.72. The van der Waals surface area contributed by atoms with Crippen LogP contribution in [0.2, 0.25) is 0 Å². The summed E-state index contributed by atoms with van der Waals surface area (Å²) >= 11 is 0. The van der Waals surface area contributed by atoms with Gasteiger partial charge >= 0.3 is 0 Å². The number of carbonyl (C=O) groups is 1. The molecule has 1 amide bonds. The standard InChI is InChI=1S/C14H18N2O2/c1-18-13-4-2-3-11(9-13)5-6-14(17)16-8-7-12(15)10-16/h2-6,9,12H,7-8,10,15H2,1H3/b6-5+/t12-/m1/s1. The highest BCUT2D eigenvalue weighted by molar-refractivity contribution is 5.92. The first-order chi connectivity index (χ1) is 8.69. The number of methoxy groups -OCH3 is 1. The van der Waals surface area contributed by atoms with Crippen LogP contribution in [0, 0.1) is 0 Å². The van der Waals surface area contributed by atoms with E-state index in [0.717, 1.165) is 24.3 Å². The molecule has 0 spiro atoms. The van der Waals surface area contributed by atoms with E-state index in [1.54, 1.807) is 24.2 Å². The second-order valence-corrected chi connectivity index (χ2v) is 4.44. The summed E-state index contributed by atoms with van der Waals surface area (Å²) in [4.78, 5) is 13.7. The van der Waals surface area contributed by atoms with Gasteiger partial charge in [0.15, 0.2) is 0 Å². The van der Waals surface area contributed by atoms with Crippen molar-refractivity contribution in [3.63, 3.8) is 0 Å². The van der Waals surface area contributed by atoms with E-state index in [2.05, 4.69) is 0 Å². The van der Waals surface area contributed by atoms with Gasteiger partial charge in [-0.3, -0.25) is 4.79 Å². The third-order valence-corrected chi connectivity index (χ3v) is 3.05. The van der Waals surface area contributed by atoms with Gasteiger partial charge in [-0.2, -0.15) is 0 Å². The Labute approximate surface area is 107 Å². The first-order valence-electron chi connectivity index (χ1n) is 6.05. The quantitative estimate of drug-likeness (QED) is 0.817. The van der Waals surface area contributed by atoms with Gasteiger partial charge in [-0.1, -0.05) is 12.1 Å². The Hall–Kier alpha value is -1.81. The van der Waals surface area contributed by atoms with Crippen molar-refractivity contribution in [3.05, 3.63) is 35.9 Å². The van der Waals surface area contributed by atoms with E-state index in [9.17, 15) is 4.79 Å². The van der Waals surface area contributed by atoms with E-state index in [1.165, 1.54) is 0 Å². The van der Waals surface area contributed by atoms with Crippen molar-refractivity contribution < 1.29 is 9.53 Å². The summed E-state index contributed by atoms with van der Waals surface area (Å²) in [6.45, 7) is 1.41. The van der Waals surface area contributed by atoms with Gasteiger partial charge < -0.3 is 15.4 Å². The van der Waals surface area contributed by atoms with Crippen LogP contribution in [-0.2, 0) is 4.79 Å². The van der Waals surface area contributed by atoms with Crippen LogP contribution in [0.25, 0.3) is 6.08 Å². The Morgan fingerprint density at radius 1 is 1.56 bits per heavy atom. The van der Waals surface area contributed by atoms with E-state index in [1.807, 2.05) is 24.3 Å². The van der Waals surface area contributed by atoms with Crippen molar-refractivity contribution in [2.24, 2.45) is 5.73 Å². The Kier molecular flexibility index (Phi) is 3.99. The Morgan fingerprint density at radius 2 is 2.39 bits per heavy atom. The maximum absolute atomic E-state index is 11.9. The molecular weight excluding hydrogens is 228 g/mol. The van der Waals surface area contributed by atoms with Crippen LogP contribution in [0.15, 0.2) is 30.3 Å². The minimum Gasteiger partial charge on any atom is -0.497 e. The number of rotatable bonds is 3. The summed E-state index contributed by atoms with van der Waals surface area (Å²) in [7, 11) is 1.62. The molecule has 1 atom stereocenters. The maximum atomic E-state index is 11.9. The van der Waals surface area contributed by atoms with E-state index in [0.29, 0.717) is 6.54 Å². The number of carbonyl (C=O) groups excluding carboxylic acids is 1. The van der Waals surface area contributed by atoms with Gasteiger partial charge in [-0.25, -0.2) is 0 Å². The van der Waals surface area contributed by atoms with Crippen molar-refractivity contribution in [2.75, 3.05) is 20.2 Å². The molecule has 4 heteroatoms. The molecule has 0 aliphatic carbocycles. The number of hydrogen-bond donors (Lipinski definition) is 1. The predicted octanol–water partition coefficient (Wildman–Crippen LogP) is 1.27. The SMILES string of the molecule is COc1cccc(/C=C/C(=O)N2CC[C@@H](N)C2)c1. The van der Waals surface area contributed by atoms with Gasteiger partial charge in [0.25, 0.3) is 0 Å². The molecule has 96 valence electrons. The van der Waals surface area contributed by atoms with Crippen LogP contribution >= 0.6 is 0 Å². The summed E-state index contributed by atoms with van der Waals surface area (Å²) in [5.41, 5.74) is 6.72. The second-order valence-electron chi connectivity index (χ2n) is 4.44. The molecule has 4 nitrogen and oxygen atoms in total. The Bertz CT molecular complexity index is 457. The third kappa shape index (κ3) is 3.11. The zero-order chi connectivity index (χ0) is 13.0. The molecule has 0 unspecified atom stereocenters. The minimum absolute atomic E-state index is 0.0192. The van der Waals surface area contributed by atoms with Crippen molar-refractivity contribution in [3.8, 4) is 5.75 Å². The molecular formula is C14H18N2O2. The summed E-state index contributed by atoms with van der Waals surface area (Å²) in [5.74, 6) is 0.804. The lowest BCUT2D eigenvalue weighted by atomic mass is 10.2. The molecule has 1 aromatic rings. The number of likely N-dealkylation sites (tertiary alicyclic amines) is 1. The topological polar surface area (TPSA) is 55.6 Å². The highest BCUT2D eigenvalue weighted by Crippen LogP contribution is 2.14. The molecule has 0 aromatic heterocycles. The monoisotopic (exact) mass is 246 g/mol. The average molecular weight is 246 g/mol.